The molecule has 164 valence electrons. The molecule has 1 fully saturated rings. The van der Waals surface area contributed by atoms with E-state index in [9.17, 15) is 20.4 Å². The summed E-state index contributed by atoms with van der Waals surface area (Å²) in [6.07, 6.45) is -2.09. The second-order valence-electron chi connectivity index (χ2n) is 6.77. The molecule has 0 saturated carbocycles. The average molecular weight is 431 g/mol. The molecule has 1 aliphatic rings. The Morgan fingerprint density at radius 3 is 2.84 bits per heavy atom. The number of nitrogens with one attached hydrogen (secondary N) is 1. The number of aromatic hydroxyl groups is 1. The Labute approximate surface area is 175 Å². The molecule has 0 amide bonds. The lowest BCUT2D eigenvalue weighted by atomic mass is 10.1. The van der Waals surface area contributed by atoms with Crippen LogP contribution < -0.4 is 15.9 Å². The van der Waals surface area contributed by atoms with Gasteiger partial charge in [-0.1, -0.05) is 0 Å². The van der Waals surface area contributed by atoms with E-state index in [1.165, 1.54) is 30.3 Å². The minimum Gasteiger partial charge on any atom is -0.504 e. The van der Waals surface area contributed by atoms with Gasteiger partial charge in [0.1, 0.15) is 24.6 Å². The van der Waals surface area contributed by atoms with Crippen molar-refractivity contribution in [2.24, 2.45) is 5.10 Å². The molecule has 0 aliphatic carbocycles. The molecule has 31 heavy (non-hydrogen) atoms. The molecule has 1 aliphatic heterocycles. The van der Waals surface area contributed by atoms with Crippen LogP contribution in [0, 0.1) is 0 Å². The number of rotatable bonds is 6. The standard InChI is InChI=1S/C18H21N7O6/c1-30-10-4-8(2-3-9(10)27)5-22-24-18-23-12-15(19)20-7-21-16(12)25(18)17-14(29)13(28)11(6-26)31-17/h2-5,7,11,13-14,17,26-29H,6H2,1H3,(H,23,24)(H2,19,20,21)/t11-,13+,14+,17-/m0/s1. The highest BCUT2D eigenvalue weighted by molar-refractivity contribution is 5.85. The summed E-state index contributed by atoms with van der Waals surface area (Å²) in [5.41, 5.74) is 9.73. The second-order valence-corrected chi connectivity index (χ2v) is 6.77. The third kappa shape index (κ3) is 3.70. The van der Waals surface area contributed by atoms with Crippen molar-refractivity contribution in [1.29, 1.82) is 0 Å². The number of anilines is 2. The molecule has 13 nitrogen and oxygen atoms in total. The predicted octanol–water partition coefficient (Wildman–Crippen LogP) is -0.820. The van der Waals surface area contributed by atoms with E-state index in [1.807, 2.05) is 0 Å². The third-order valence-electron chi connectivity index (χ3n) is 4.86. The average Bonchev–Trinajstić information content (AvgIpc) is 3.27. The van der Waals surface area contributed by atoms with Crippen LogP contribution in [-0.4, -0.2) is 78.2 Å². The number of aliphatic hydroxyl groups excluding tert-OH is 3. The number of phenolic OH excluding ortho intramolecular Hbond substituents is 1. The summed E-state index contributed by atoms with van der Waals surface area (Å²) >= 11 is 0. The van der Waals surface area contributed by atoms with Crippen LogP contribution in [0.5, 0.6) is 11.5 Å². The first kappa shape index (κ1) is 20.7. The summed E-state index contributed by atoms with van der Waals surface area (Å²) in [6, 6.07) is 4.67. The lowest BCUT2D eigenvalue weighted by Gasteiger charge is -2.18. The second kappa shape index (κ2) is 8.31. The van der Waals surface area contributed by atoms with E-state index in [1.54, 1.807) is 12.1 Å². The number of hydrogen-bond donors (Lipinski definition) is 6. The fourth-order valence-electron chi connectivity index (χ4n) is 3.28. The Morgan fingerprint density at radius 1 is 1.32 bits per heavy atom. The van der Waals surface area contributed by atoms with Crippen LogP contribution in [0.1, 0.15) is 11.8 Å². The van der Waals surface area contributed by atoms with E-state index < -0.39 is 31.1 Å². The maximum absolute atomic E-state index is 10.5. The van der Waals surface area contributed by atoms with Gasteiger partial charge >= 0.3 is 0 Å². The SMILES string of the molecule is COc1cc(C=NNc2nc3c(N)ncnc3n2[C@H]2O[C@@H](CO)[C@@H](O)[C@H]2O)ccc1O. The number of fused-ring (bicyclic) bond motifs is 1. The van der Waals surface area contributed by atoms with Crippen molar-refractivity contribution in [2.75, 3.05) is 24.9 Å². The summed E-state index contributed by atoms with van der Waals surface area (Å²) in [5.74, 6) is 0.489. The third-order valence-corrected chi connectivity index (χ3v) is 4.86. The van der Waals surface area contributed by atoms with E-state index in [4.69, 9.17) is 15.2 Å². The van der Waals surface area contributed by atoms with Gasteiger partial charge in [-0.15, -0.1) is 0 Å². The molecule has 2 aromatic heterocycles. The van der Waals surface area contributed by atoms with Crippen molar-refractivity contribution >= 4 is 29.1 Å². The number of nitrogens with zero attached hydrogens (tertiary/aromatic N) is 5. The number of phenols is 1. The molecular formula is C18H21N7O6. The maximum atomic E-state index is 10.5. The zero-order chi connectivity index (χ0) is 22.1. The number of hydrogen-bond acceptors (Lipinski definition) is 12. The van der Waals surface area contributed by atoms with Gasteiger partial charge in [-0.25, -0.2) is 20.4 Å². The van der Waals surface area contributed by atoms with Crippen molar-refractivity contribution in [3.05, 3.63) is 30.1 Å². The summed E-state index contributed by atoms with van der Waals surface area (Å²) in [4.78, 5) is 12.4. The number of aliphatic hydroxyl groups is 3. The number of benzene rings is 1. The largest absolute Gasteiger partial charge is 0.504 e. The molecule has 7 N–H and O–H groups in total. The number of methoxy groups -OCH3 is 1. The predicted molar refractivity (Wildman–Crippen MR) is 109 cm³/mol. The Hall–Kier alpha value is -3.52. The maximum Gasteiger partial charge on any atom is 0.228 e. The normalized spacial score (nSPS) is 23.6. The van der Waals surface area contributed by atoms with Crippen molar-refractivity contribution in [2.45, 2.75) is 24.5 Å². The number of nitrogen functional groups attached to an aromatic ring is 1. The molecule has 0 spiro atoms. The van der Waals surface area contributed by atoms with Crippen molar-refractivity contribution in [1.82, 2.24) is 19.5 Å². The summed E-state index contributed by atoms with van der Waals surface area (Å²) in [5, 5.41) is 43.8. The van der Waals surface area contributed by atoms with E-state index in [2.05, 4.69) is 25.5 Å². The van der Waals surface area contributed by atoms with E-state index >= 15 is 0 Å². The van der Waals surface area contributed by atoms with Gasteiger partial charge in [0.15, 0.2) is 34.7 Å². The summed E-state index contributed by atoms with van der Waals surface area (Å²) in [7, 11) is 1.43. The molecule has 0 unspecified atom stereocenters. The van der Waals surface area contributed by atoms with Crippen LogP contribution in [0.4, 0.5) is 11.8 Å². The van der Waals surface area contributed by atoms with Crippen molar-refractivity contribution in [3.63, 3.8) is 0 Å². The molecule has 3 aromatic rings. The lowest BCUT2D eigenvalue weighted by Crippen LogP contribution is -2.33. The molecule has 0 radical (unpaired) electrons. The molecule has 3 heterocycles. The number of hydrazone groups is 1. The van der Waals surface area contributed by atoms with Crippen molar-refractivity contribution in [3.8, 4) is 11.5 Å². The molecule has 0 bridgehead atoms. The van der Waals surface area contributed by atoms with E-state index in [0.717, 1.165) is 0 Å². The number of ether oxygens (including phenoxy) is 2. The van der Waals surface area contributed by atoms with Gasteiger partial charge in [0, 0.05) is 0 Å². The highest BCUT2D eigenvalue weighted by atomic mass is 16.6. The van der Waals surface area contributed by atoms with Gasteiger partial charge in [-0.2, -0.15) is 5.10 Å². The van der Waals surface area contributed by atoms with Gasteiger partial charge in [0.25, 0.3) is 0 Å². The molecule has 4 atom stereocenters. The first-order valence-electron chi connectivity index (χ1n) is 9.21. The van der Waals surface area contributed by atoms with Crippen molar-refractivity contribution < 1.29 is 29.9 Å². The zero-order valence-corrected chi connectivity index (χ0v) is 16.3. The minimum absolute atomic E-state index is 0.00665. The van der Waals surface area contributed by atoms with Crippen LogP contribution >= 0.6 is 0 Å². The quantitative estimate of drug-likeness (QED) is 0.211. The molecule has 1 aromatic carbocycles. The molecular weight excluding hydrogens is 410 g/mol. The van der Waals surface area contributed by atoms with Crippen LogP contribution in [0.25, 0.3) is 11.2 Å². The van der Waals surface area contributed by atoms with Crippen LogP contribution in [0.3, 0.4) is 0 Å². The Kier molecular flexibility index (Phi) is 5.56. The summed E-state index contributed by atoms with van der Waals surface area (Å²) in [6.45, 7) is -0.484. The van der Waals surface area contributed by atoms with E-state index in [-0.39, 0.29) is 34.4 Å². The Morgan fingerprint density at radius 2 is 2.13 bits per heavy atom. The highest BCUT2D eigenvalue weighted by Gasteiger charge is 2.45. The number of nitrogens with two attached hydrogens (primary N) is 1. The fourth-order valence-corrected chi connectivity index (χ4v) is 3.28. The Bertz CT molecular complexity index is 1120. The van der Waals surface area contributed by atoms with Gasteiger partial charge in [0.05, 0.1) is 19.9 Å². The number of aromatic nitrogens is 4. The van der Waals surface area contributed by atoms with Crippen LogP contribution in [0.15, 0.2) is 29.6 Å². The molecule has 13 heteroatoms. The first-order chi connectivity index (χ1) is 14.9. The van der Waals surface area contributed by atoms with Gasteiger partial charge in [-0.3, -0.25) is 4.57 Å². The highest BCUT2D eigenvalue weighted by Crippen LogP contribution is 2.35. The first-order valence-corrected chi connectivity index (χ1v) is 9.21. The lowest BCUT2D eigenvalue weighted by molar-refractivity contribution is -0.0501. The molecule has 1 saturated heterocycles. The fraction of sp³-hybridized carbons (Fsp3) is 0.333. The van der Waals surface area contributed by atoms with Gasteiger partial charge in [-0.05, 0) is 23.8 Å². The monoisotopic (exact) mass is 431 g/mol. The van der Waals surface area contributed by atoms with Gasteiger partial charge in [0.2, 0.25) is 5.95 Å². The van der Waals surface area contributed by atoms with Crippen LogP contribution in [-0.2, 0) is 4.74 Å². The summed E-state index contributed by atoms with van der Waals surface area (Å²) < 4.78 is 12.1. The Balaban J connectivity index is 1.69. The molecule has 4 rings (SSSR count). The number of imidazole rings is 1. The zero-order valence-electron chi connectivity index (χ0n) is 16.3. The smallest absolute Gasteiger partial charge is 0.228 e. The van der Waals surface area contributed by atoms with Crippen LogP contribution in [0.2, 0.25) is 0 Å². The minimum atomic E-state index is -1.36. The van der Waals surface area contributed by atoms with Gasteiger partial charge < -0.3 is 35.6 Å². The topological polar surface area (TPSA) is 193 Å². The van der Waals surface area contributed by atoms with E-state index in [0.29, 0.717) is 5.56 Å².